The van der Waals surface area contributed by atoms with Crippen LogP contribution in [-0.4, -0.2) is 57.7 Å². The fraction of sp³-hybridized carbons (Fsp3) is 0.321. The molecule has 0 spiro atoms. The van der Waals surface area contributed by atoms with E-state index >= 15 is 0 Å². The molecule has 9 heteroatoms. The van der Waals surface area contributed by atoms with E-state index in [0.717, 1.165) is 71.0 Å². The first-order chi connectivity index (χ1) is 17.9. The van der Waals surface area contributed by atoms with Gasteiger partial charge in [-0.15, -0.1) is 0 Å². The predicted molar refractivity (Wildman–Crippen MR) is 142 cm³/mol. The Morgan fingerprint density at radius 2 is 1.86 bits per heavy atom. The number of thioether (sulfide) groups is 1. The number of benzene rings is 2. The van der Waals surface area contributed by atoms with Crippen molar-refractivity contribution in [3.05, 3.63) is 70.5 Å². The second kappa shape index (κ2) is 10.8. The number of ether oxygens (including phenoxy) is 1. The van der Waals surface area contributed by atoms with Gasteiger partial charge < -0.3 is 14.2 Å². The fourth-order valence-corrected chi connectivity index (χ4v) is 5.68. The first kappa shape index (κ1) is 25.1. The minimum atomic E-state index is -0.376. The Morgan fingerprint density at radius 3 is 2.59 bits per heavy atom. The van der Waals surface area contributed by atoms with Gasteiger partial charge in [0.2, 0.25) is 5.91 Å². The Labute approximate surface area is 218 Å². The minimum absolute atomic E-state index is 0.0888. The second-order valence-electron chi connectivity index (χ2n) is 9.10. The van der Waals surface area contributed by atoms with Crippen LogP contribution in [0.3, 0.4) is 0 Å². The van der Waals surface area contributed by atoms with Gasteiger partial charge in [0.25, 0.3) is 11.1 Å². The summed E-state index contributed by atoms with van der Waals surface area (Å²) in [5.41, 5.74) is 2.90. The van der Waals surface area contributed by atoms with Crippen molar-refractivity contribution in [3.63, 3.8) is 0 Å². The van der Waals surface area contributed by atoms with Gasteiger partial charge in [-0.3, -0.25) is 19.3 Å². The molecule has 1 aromatic heterocycles. The summed E-state index contributed by atoms with van der Waals surface area (Å²) in [5.74, 6) is -0.185. The molecule has 37 heavy (non-hydrogen) atoms. The monoisotopic (exact) mass is 521 g/mol. The van der Waals surface area contributed by atoms with Crippen LogP contribution in [-0.2, 0) is 22.6 Å². The zero-order valence-electron chi connectivity index (χ0n) is 20.6. The molecule has 0 unspecified atom stereocenters. The number of likely N-dealkylation sites (tertiary alicyclic amines) is 1. The van der Waals surface area contributed by atoms with E-state index in [1.54, 1.807) is 6.08 Å². The van der Waals surface area contributed by atoms with Gasteiger partial charge in [0.05, 0.1) is 17.0 Å². The maximum atomic E-state index is 13.1. The molecule has 2 aliphatic heterocycles. The number of para-hydroxylation sites is 1. The molecular formula is C28H28FN3O4S. The van der Waals surface area contributed by atoms with Crippen LogP contribution in [0.5, 0.6) is 5.75 Å². The van der Waals surface area contributed by atoms with E-state index in [1.165, 1.54) is 24.3 Å². The molecule has 2 fully saturated rings. The van der Waals surface area contributed by atoms with Crippen molar-refractivity contribution in [3.8, 4) is 5.75 Å². The van der Waals surface area contributed by atoms with Crippen molar-refractivity contribution >= 4 is 45.8 Å². The second-order valence-corrected chi connectivity index (χ2v) is 10.1. The van der Waals surface area contributed by atoms with Crippen LogP contribution in [0.15, 0.2) is 53.6 Å². The van der Waals surface area contributed by atoms with Crippen LogP contribution in [0.4, 0.5) is 9.18 Å². The van der Waals surface area contributed by atoms with Crippen LogP contribution in [0.2, 0.25) is 0 Å². The van der Waals surface area contributed by atoms with Crippen molar-refractivity contribution in [1.82, 2.24) is 14.4 Å². The van der Waals surface area contributed by atoms with Gasteiger partial charge >= 0.3 is 0 Å². The molecule has 0 saturated carbocycles. The lowest BCUT2D eigenvalue weighted by molar-refractivity contribution is -0.130. The van der Waals surface area contributed by atoms with Gasteiger partial charge in [0.1, 0.15) is 24.7 Å². The van der Waals surface area contributed by atoms with E-state index < -0.39 is 0 Å². The smallest absolute Gasteiger partial charge is 0.293 e. The topological polar surface area (TPSA) is 71.8 Å². The van der Waals surface area contributed by atoms with Crippen LogP contribution in [0.25, 0.3) is 17.0 Å². The highest BCUT2D eigenvalue weighted by Gasteiger charge is 2.35. The first-order valence-corrected chi connectivity index (χ1v) is 13.3. The Bertz CT molecular complexity index is 1380. The minimum Gasteiger partial charge on any atom is -0.492 e. The molecule has 7 nitrogen and oxygen atoms in total. The number of aromatic nitrogens is 1. The van der Waals surface area contributed by atoms with Crippen molar-refractivity contribution in [2.75, 3.05) is 26.2 Å². The van der Waals surface area contributed by atoms with E-state index in [1.807, 2.05) is 27.8 Å². The summed E-state index contributed by atoms with van der Waals surface area (Å²) in [7, 11) is 0. The first-order valence-electron chi connectivity index (χ1n) is 12.5. The lowest BCUT2D eigenvalue weighted by Gasteiger charge is -2.16. The van der Waals surface area contributed by atoms with Crippen molar-refractivity contribution < 1.29 is 23.5 Å². The highest BCUT2D eigenvalue weighted by Crippen LogP contribution is 2.35. The molecule has 3 heterocycles. The zero-order valence-corrected chi connectivity index (χ0v) is 21.4. The highest BCUT2D eigenvalue weighted by molar-refractivity contribution is 8.18. The molecule has 2 saturated heterocycles. The third kappa shape index (κ3) is 5.27. The maximum absolute atomic E-state index is 13.1. The van der Waals surface area contributed by atoms with Gasteiger partial charge in [-0.2, -0.15) is 0 Å². The Balaban J connectivity index is 1.36. The summed E-state index contributed by atoms with van der Waals surface area (Å²) in [5, 5.41) is 0.584. The number of hydrogen-bond donors (Lipinski definition) is 0. The Hall–Kier alpha value is -3.59. The summed E-state index contributed by atoms with van der Waals surface area (Å²) < 4.78 is 20.6. The van der Waals surface area contributed by atoms with Crippen LogP contribution in [0.1, 0.15) is 30.9 Å². The van der Waals surface area contributed by atoms with Gasteiger partial charge in [-0.05, 0) is 66.9 Å². The SMILES string of the molecule is CCc1cccc2c(/C=C3\SC(=O)N(CCOc4ccc(F)cc4)C3=O)cn(CC(=O)N3CCCC3)c12. The quantitative estimate of drug-likeness (QED) is 0.387. The number of nitrogens with zero attached hydrogens (tertiary/aromatic N) is 3. The highest BCUT2D eigenvalue weighted by atomic mass is 32.2. The average Bonchev–Trinajstić information content (AvgIpc) is 3.61. The maximum Gasteiger partial charge on any atom is 0.293 e. The van der Waals surface area contributed by atoms with Crippen molar-refractivity contribution in [2.24, 2.45) is 0 Å². The summed E-state index contributed by atoms with van der Waals surface area (Å²) in [6.07, 6.45) is 6.53. The molecular weight excluding hydrogens is 493 g/mol. The molecule has 2 aromatic carbocycles. The van der Waals surface area contributed by atoms with Gasteiger partial charge in [0.15, 0.2) is 0 Å². The number of carbonyl (C=O) groups excluding carboxylic acids is 3. The summed E-state index contributed by atoms with van der Waals surface area (Å²) in [4.78, 5) is 42.0. The van der Waals surface area contributed by atoms with Crippen LogP contribution >= 0.6 is 11.8 Å². The molecule has 0 N–H and O–H groups in total. The molecule has 3 aromatic rings. The van der Waals surface area contributed by atoms with Crippen molar-refractivity contribution in [2.45, 2.75) is 32.7 Å². The number of halogens is 1. The Kier molecular flexibility index (Phi) is 7.32. The third-order valence-corrected chi connectivity index (χ3v) is 7.62. The lowest BCUT2D eigenvalue weighted by Crippen LogP contribution is -2.32. The van der Waals surface area contributed by atoms with Crippen LogP contribution < -0.4 is 4.74 Å². The summed E-state index contributed by atoms with van der Waals surface area (Å²) in [6.45, 7) is 4.10. The molecule has 5 rings (SSSR count). The van der Waals surface area contributed by atoms with Crippen molar-refractivity contribution in [1.29, 1.82) is 0 Å². The van der Waals surface area contributed by atoms with E-state index in [4.69, 9.17) is 4.74 Å². The molecule has 2 aliphatic rings. The number of imide groups is 1. The standard InChI is InChI=1S/C28H28FN3O4S/c1-2-19-6-5-7-23-20(17-31(26(19)23)18-25(33)30-12-3-4-13-30)16-24-27(34)32(28(35)37-24)14-15-36-22-10-8-21(29)9-11-22/h5-11,16-17H,2-4,12-15,18H2,1H3/b24-16-. The fourth-order valence-electron chi connectivity index (χ4n) is 4.82. The van der Waals surface area contributed by atoms with E-state index in [-0.39, 0.29) is 42.6 Å². The number of fused-ring (bicyclic) bond motifs is 1. The molecule has 3 amide bonds. The molecule has 192 valence electrons. The van der Waals surface area contributed by atoms with Gasteiger partial charge in [-0.1, -0.05) is 25.1 Å². The Morgan fingerprint density at radius 1 is 1.11 bits per heavy atom. The van der Waals surface area contributed by atoms with E-state index in [0.29, 0.717) is 10.7 Å². The van der Waals surface area contributed by atoms with E-state index in [9.17, 15) is 18.8 Å². The van der Waals surface area contributed by atoms with Gasteiger partial charge in [-0.25, -0.2) is 4.39 Å². The van der Waals surface area contributed by atoms with E-state index in [2.05, 4.69) is 13.0 Å². The lowest BCUT2D eigenvalue weighted by atomic mass is 10.1. The molecule has 0 bridgehead atoms. The van der Waals surface area contributed by atoms with Crippen LogP contribution in [0, 0.1) is 5.82 Å². The summed E-state index contributed by atoms with van der Waals surface area (Å²) in [6, 6.07) is 11.6. The zero-order chi connectivity index (χ0) is 25.9. The third-order valence-electron chi connectivity index (χ3n) is 6.72. The molecule has 0 atom stereocenters. The predicted octanol–water partition coefficient (Wildman–Crippen LogP) is 5.08. The summed E-state index contributed by atoms with van der Waals surface area (Å²) >= 11 is 0.896. The number of aryl methyl sites for hydroxylation is 1. The normalized spacial score (nSPS) is 17.0. The number of carbonyl (C=O) groups is 3. The number of rotatable bonds is 8. The largest absolute Gasteiger partial charge is 0.492 e. The molecule has 0 radical (unpaired) electrons. The number of hydrogen-bond acceptors (Lipinski definition) is 5. The molecule has 0 aliphatic carbocycles. The van der Waals surface area contributed by atoms with Gasteiger partial charge in [0, 0.05) is 30.2 Å². The number of amides is 3. The average molecular weight is 522 g/mol.